The lowest BCUT2D eigenvalue weighted by atomic mass is 10.0. The summed E-state index contributed by atoms with van der Waals surface area (Å²) in [6.45, 7) is 9.76. The molecule has 2 heterocycles. The molecule has 1 aliphatic heterocycles. The number of aryl methyl sites for hydroxylation is 1. The van der Waals surface area contributed by atoms with E-state index in [1.165, 1.54) is 0 Å². The van der Waals surface area contributed by atoms with Crippen molar-refractivity contribution in [2.75, 3.05) is 26.2 Å². The second-order valence-corrected chi connectivity index (χ2v) is 5.81. The maximum absolute atomic E-state index is 12.2. The van der Waals surface area contributed by atoms with Crippen LogP contribution in [-0.4, -0.2) is 53.1 Å². The Bertz CT molecular complexity index is 459. The van der Waals surface area contributed by atoms with Crippen molar-refractivity contribution in [2.24, 2.45) is 11.7 Å². The van der Waals surface area contributed by atoms with Crippen LogP contribution in [0.4, 0.5) is 0 Å². The molecule has 1 saturated heterocycles. The number of nitrogens with zero attached hydrogens (tertiary/aromatic N) is 3. The normalized spacial score (nSPS) is 16.9. The first-order chi connectivity index (χ1) is 9.47. The van der Waals surface area contributed by atoms with Gasteiger partial charge in [0.2, 0.25) is 5.91 Å². The van der Waals surface area contributed by atoms with Crippen LogP contribution in [0.2, 0.25) is 0 Å². The highest BCUT2D eigenvalue weighted by molar-refractivity contribution is 5.85. The Kier molecular flexibility index (Phi) is 9.00. The van der Waals surface area contributed by atoms with Crippen molar-refractivity contribution in [1.29, 1.82) is 0 Å². The number of rotatable bonds is 4. The number of piperazine rings is 1. The minimum Gasteiger partial charge on any atom is -0.360 e. The van der Waals surface area contributed by atoms with Gasteiger partial charge in [-0.3, -0.25) is 9.69 Å². The Morgan fingerprint density at radius 1 is 1.32 bits per heavy atom. The monoisotopic (exact) mass is 352 g/mol. The van der Waals surface area contributed by atoms with Gasteiger partial charge in [-0.1, -0.05) is 19.0 Å². The summed E-state index contributed by atoms with van der Waals surface area (Å²) in [6.07, 6.45) is 0. The van der Waals surface area contributed by atoms with E-state index in [0.717, 1.165) is 44.2 Å². The predicted molar refractivity (Wildman–Crippen MR) is 90.4 cm³/mol. The molecule has 1 amide bonds. The molecule has 1 aromatic rings. The van der Waals surface area contributed by atoms with Crippen molar-refractivity contribution in [3.63, 3.8) is 0 Å². The van der Waals surface area contributed by atoms with Gasteiger partial charge in [0.15, 0.2) is 5.76 Å². The maximum atomic E-state index is 12.2. The minimum atomic E-state index is -0.390. The predicted octanol–water partition coefficient (Wildman–Crippen LogP) is 1.45. The first kappa shape index (κ1) is 21.2. The van der Waals surface area contributed by atoms with Gasteiger partial charge >= 0.3 is 0 Å². The standard InChI is InChI=1S/C14H24N4O2.2ClH/c1-10(2)13(15)14(19)18-6-4-17(5-7-18)9-12-8-11(3)16-20-12;;/h8,10,13H,4-7,9,15H2,1-3H3;2*1H/t13-;;/m1../s1. The Morgan fingerprint density at radius 2 is 1.91 bits per heavy atom. The Labute approximate surface area is 144 Å². The lowest BCUT2D eigenvalue weighted by molar-refractivity contribution is -0.135. The highest BCUT2D eigenvalue weighted by Crippen LogP contribution is 2.11. The first-order valence-corrected chi connectivity index (χ1v) is 7.16. The van der Waals surface area contributed by atoms with Crippen molar-refractivity contribution in [1.82, 2.24) is 15.0 Å². The molecule has 128 valence electrons. The van der Waals surface area contributed by atoms with Gasteiger partial charge < -0.3 is 15.2 Å². The first-order valence-electron chi connectivity index (χ1n) is 7.16. The lowest BCUT2D eigenvalue weighted by Gasteiger charge is -2.36. The number of aromatic nitrogens is 1. The van der Waals surface area contributed by atoms with Gasteiger partial charge in [0, 0.05) is 32.2 Å². The van der Waals surface area contributed by atoms with Crippen molar-refractivity contribution in [2.45, 2.75) is 33.4 Å². The zero-order valence-corrected chi connectivity index (χ0v) is 15.0. The molecular weight excluding hydrogens is 327 g/mol. The summed E-state index contributed by atoms with van der Waals surface area (Å²) in [5.41, 5.74) is 6.82. The van der Waals surface area contributed by atoms with Crippen LogP contribution in [0.15, 0.2) is 10.6 Å². The largest absolute Gasteiger partial charge is 0.360 e. The Balaban J connectivity index is 0.00000220. The number of amides is 1. The molecule has 8 heteroatoms. The third-order valence-electron chi connectivity index (χ3n) is 3.74. The van der Waals surface area contributed by atoms with Gasteiger partial charge in [-0.05, 0) is 12.8 Å². The topological polar surface area (TPSA) is 75.6 Å². The zero-order chi connectivity index (χ0) is 14.7. The molecule has 0 aromatic carbocycles. The second kappa shape index (κ2) is 9.35. The molecule has 1 aliphatic rings. The lowest BCUT2D eigenvalue weighted by Crippen LogP contribution is -2.54. The van der Waals surface area contributed by atoms with E-state index in [1.54, 1.807) is 0 Å². The van der Waals surface area contributed by atoms with Crippen LogP contribution in [0.1, 0.15) is 25.3 Å². The van der Waals surface area contributed by atoms with Gasteiger partial charge in [-0.25, -0.2) is 0 Å². The summed E-state index contributed by atoms with van der Waals surface area (Å²) >= 11 is 0. The average Bonchev–Trinajstić information content (AvgIpc) is 2.83. The number of halogens is 2. The zero-order valence-electron chi connectivity index (χ0n) is 13.3. The van der Waals surface area contributed by atoms with Crippen molar-refractivity contribution in [3.05, 3.63) is 17.5 Å². The van der Waals surface area contributed by atoms with Crippen LogP contribution in [0.5, 0.6) is 0 Å². The van der Waals surface area contributed by atoms with E-state index < -0.39 is 6.04 Å². The highest BCUT2D eigenvalue weighted by Gasteiger charge is 2.27. The van der Waals surface area contributed by atoms with Crippen LogP contribution in [0.25, 0.3) is 0 Å². The number of carbonyl (C=O) groups is 1. The Morgan fingerprint density at radius 3 is 2.36 bits per heavy atom. The molecule has 2 N–H and O–H groups in total. The van der Waals surface area contributed by atoms with Gasteiger partial charge in [0.05, 0.1) is 18.3 Å². The SMILES string of the molecule is Cc1cc(CN2CCN(C(=O)[C@H](N)C(C)C)CC2)on1.Cl.Cl. The molecule has 0 spiro atoms. The molecule has 1 aromatic heterocycles. The fraction of sp³-hybridized carbons (Fsp3) is 0.714. The third kappa shape index (κ3) is 5.43. The quantitative estimate of drug-likeness (QED) is 0.887. The molecule has 0 unspecified atom stereocenters. The molecule has 1 fully saturated rings. The number of hydrogen-bond acceptors (Lipinski definition) is 5. The summed E-state index contributed by atoms with van der Waals surface area (Å²) in [6, 6.07) is 1.56. The molecule has 2 rings (SSSR count). The van der Waals surface area contributed by atoms with Gasteiger partial charge in [0.1, 0.15) is 0 Å². The number of hydrogen-bond donors (Lipinski definition) is 1. The van der Waals surface area contributed by atoms with Crippen LogP contribution in [0.3, 0.4) is 0 Å². The molecular formula is C14H26Cl2N4O2. The molecule has 1 atom stereocenters. The van der Waals surface area contributed by atoms with Gasteiger partial charge in [-0.2, -0.15) is 0 Å². The molecule has 0 bridgehead atoms. The summed E-state index contributed by atoms with van der Waals surface area (Å²) in [4.78, 5) is 16.3. The molecule has 6 nitrogen and oxygen atoms in total. The average molecular weight is 353 g/mol. The Hall–Kier alpha value is -0.820. The van der Waals surface area contributed by atoms with E-state index in [1.807, 2.05) is 31.7 Å². The second-order valence-electron chi connectivity index (χ2n) is 5.81. The van der Waals surface area contributed by atoms with E-state index in [4.69, 9.17) is 10.3 Å². The summed E-state index contributed by atoms with van der Waals surface area (Å²) < 4.78 is 5.22. The molecule has 0 saturated carbocycles. The van der Waals surface area contributed by atoms with Gasteiger partial charge in [-0.15, -0.1) is 24.8 Å². The van der Waals surface area contributed by atoms with Crippen LogP contribution in [-0.2, 0) is 11.3 Å². The molecule has 0 aliphatic carbocycles. The maximum Gasteiger partial charge on any atom is 0.239 e. The van der Waals surface area contributed by atoms with E-state index in [0.29, 0.717) is 0 Å². The van der Waals surface area contributed by atoms with E-state index in [-0.39, 0.29) is 36.6 Å². The highest BCUT2D eigenvalue weighted by atomic mass is 35.5. The van der Waals surface area contributed by atoms with Crippen LogP contribution >= 0.6 is 24.8 Å². The minimum absolute atomic E-state index is 0. The smallest absolute Gasteiger partial charge is 0.239 e. The summed E-state index contributed by atoms with van der Waals surface area (Å²) in [5, 5.41) is 3.89. The van der Waals surface area contributed by atoms with Crippen molar-refractivity contribution in [3.8, 4) is 0 Å². The van der Waals surface area contributed by atoms with Crippen LogP contribution in [0, 0.1) is 12.8 Å². The fourth-order valence-electron chi connectivity index (χ4n) is 2.33. The summed E-state index contributed by atoms with van der Waals surface area (Å²) in [5.74, 6) is 1.12. The van der Waals surface area contributed by atoms with Crippen molar-refractivity contribution >= 4 is 30.7 Å². The van der Waals surface area contributed by atoms with Crippen LogP contribution < -0.4 is 5.73 Å². The van der Waals surface area contributed by atoms with Crippen molar-refractivity contribution < 1.29 is 9.32 Å². The summed E-state index contributed by atoms with van der Waals surface area (Å²) in [7, 11) is 0. The fourth-order valence-corrected chi connectivity index (χ4v) is 2.33. The molecule has 22 heavy (non-hydrogen) atoms. The third-order valence-corrected chi connectivity index (χ3v) is 3.74. The number of carbonyl (C=O) groups excluding carboxylic acids is 1. The van der Waals surface area contributed by atoms with E-state index in [2.05, 4.69) is 10.1 Å². The number of nitrogens with two attached hydrogens (primary N) is 1. The van der Waals surface area contributed by atoms with Gasteiger partial charge in [0.25, 0.3) is 0 Å². The van der Waals surface area contributed by atoms with E-state index in [9.17, 15) is 4.79 Å². The van der Waals surface area contributed by atoms with E-state index >= 15 is 0 Å². The molecule has 0 radical (unpaired) electrons.